The van der Waals surface area contributed by atoms with Crippen LogP contribution in [0.1, 0.15) is 43.0 Å². The van der Waals surface area contributed by atoms with Gasteiger partial charge in [-0.2, -0.15) is 0 Å². The van der Waals surface area contributed by atoms with Crippen LogP contribution in [-0.4, -0.2) is 55.5 Å². The Balaban J connectivity index is 0.00000320. The minimum atomic E-state index is -0.397. The SMILES string of the molecule is CCNC(=O)Nc1ccc(C(=O)NN)cc1N1CCN(C(=O)C2CCCC2)CC1.Cl. The van der Waals surface area contributed by atoms with Gasteiger partial charge in [-0.1, -0.05) is 12.8 Å². The third kappa shape index (κ3) is 5.54. The van der Waals surface area contributed by atoms with E-state index < -0.39 is 5.91 Å². The molecule has 30 heavy (non-hydrogen) atoms. The number of nitrogens with one attached hydrogen (secondary N) is 3. The Hall–Kier alpha value is -2.52. The maximum absolute atomic E-state index is 12.7. The fraction of sp³-hybridized carbons (Fsp3) is 0.550. The maximum atomic E-state index is 12.7. The number of rotatable bonds is 5. The summed E-state index contributed by atoms with van der Waals surface area (Å²) in [6, 6.07) is 4.73. The topological polar surface area (TPSA) is 120 Å². The quantitative estimate of drug-likeness (QED) is 0.317. The Bertz CT molecular complexity index is 761. The third-order valence-electron chi connectivity index (χ3n) is 5.61. The van der Waals surface area contributed by atoms with E-state index >= 15 is 0 Å². The molecule has 10 heteroatoms. The van der Waals surface area contributed by atoms with Gasteiger partial charge in [-0.25, -0.2) is 10.6 Å². The summed E-state index contributed by atoms with van der Waals surface area (Å²) < 4.78 is 0. The number of benzene rings is 1. The van der Waals surface area contributed by atoms with Crippen molar-refractivity contribution < 1.29 is 14.4 Å². The predicted octanol–water partition coefficient (Wildman–Crippen LogP) is 1.69. The molecule has 1 aromatic carbocycles. The number of carbonyl (C=O) groups excluding carboxylic acids is 3. The van der Waals surface area contributed by atoms with Gasteiger partial charge in [0.2, 0.25) is 5.91 Å². The zero-order valence-electron chi connectivity index (χ0n) is 17.3. The second-order valence-electron chi connectivity index (χ2n) is 7.48. The molecule has 1 heterocycles. The van der Waals surface area contributed by atoms with E-state index in [1.54, 1.807) is 18.2 Å². The molecule has 0 aromatic heterocycles. The number of anilines is 2. The van der Waals surface area contributed by atoms with Gasteiger partial charge in [0.25, 0.3) is 5.91 Å². The second-order valence-corrected chi connectivity index (χ2v) is 7.48. The van der Waals surface area contributed by atoms with Crippen LogP contribution in [0.15, 0.2) is 18.2 Å². The van der Waals surface area contributed by atoms with Crippen LogP contribution in [0.25, 0.3) is 0 Å². The lowest BCUT2D eigenvalue weighted by Crippen LogP contribution is -2.50. The van der Waals surface area contributed by atoms with E-state index in [4.69, 9.17) is 5.84 Å². The molecule has 1 saturated carbocycles. The summed E-state index contributed by atoms with van der Waals surface area (Å²) in [6.45, 7) is 4.88. The van der Waals surface area contributed by atoms with Gasteiger partial charge in [0.1, 0.15) is 0 Å². The molecule has 1 saturated heterocycles. The fourth-order valence-electron chi connectivity index (χ4n) is 4.05. The molecular weight excluding hydrogens is 408 g/mol. The van der Waals surface area contributed by atoms with Crippen LogP contribution in [-0.2, 0) is 4.79 Å². The molecule has 0 unspecified atom stereocenters. The monoisotopic (exact) mass is 438 g/mol. The van der Waals surface area contributed by atoms with Gasteiger partial charge in [0.15, 0.2) is 0 Å². The van der Waals surface area contributed by atoms with Gasteiger partial charge in [0, 0.05) is 44.2 Å². The van der Waals surface area contributed by atoms with Crippen molar-refractivity contribution in [2.45, 2.75) is 32.6 Å². The van der Waals surface area contributed by atoms with E-state index in [1.165, 1.54) is 0 Å². The fourth-order valence-corrected chi connectivity index (χ4v) is 4.05. The molecule has 1 aromatic rings. The number of amides is 4. The number of urea groups is 1. The van der Waals surface area contributed by atoms with Gasteiger partial charge >= 0.3 is 6.03 Å². The first-order valence-electron chi connectivity index (χ1n) is 10.3. The number of halogens is 1. The minimum absolute atomic E-state index is 0. The van der Waals surface area contributed by atoms with Crippen LogP contribution in [0, 0.1) is 5.92 Å². The van der Waals surface area contributed by atoms with Gasteiger partial charge in [-0.3, -0.25) is 15.0 Å². The molecule has 3 rings (SSSR count). The number of nitrogen functional groups attached to an aromatic ring is 1. The van der Waals surface area contributed by atoms with Crippen molar-refractivity contribution in [3.05, 3.63) is 23.8 Å². The highest BCUT2D eigenvalue weighted by Gasteiger charge is 2.30. The standard InChI is InChI=1S/C20H30N6O3.ClH/c1-2-22-20(29)23-16-8-7-15(18(27)24-21)13-17(16)25-9-11-26(12-10-25)19(28)14-5-3-4-6-14;/h7-8,13-14H,2-6,9-12,21H2,1H3,(H,24,27)(H2,22,23,29);1H. The molecule has 1 aliphatic heterocycles. The summed E-state index contributed by atoms with van der Waals surface area (Å²) in [6.07, 6.45) is 4.27. The number of piperazine rings is 1. The summed E-state index contributed by atoms with van der Waals surface area (Å²) >= 11 is 0. The van der Waals surface area contributed by atoms with Crippen LogP contribution in [0.3, 0.4) is 0 Å². The Morgan fingerprint density at radius 3 is 2.37 bits per heavy atom. The lowest BCUT2D eigenvalue weighted by atomic mass is 10.1. The van der Waals surface area contributed by atoms with E-state index in [2.05, 4.69) is 21.0 Å². The highest BCUT2D eigenvalue weighted by molar-refractivity contribution is 5.98. The first kappa shape index (κ1) is 23.8. The van der Waals surface area contributed by atoms with Crippen LogP contribution in [0.5, 0.6) is 0 Å². The molecule has 0 bridgehead atoms. The number of carbonyl (C=O) groups is 3. The zero-order valence-corrected chi connectivity index (χ0v) is 18.1. The van der Waals surface area contributed by atoms with Gasteiger partial charge in [-0.05, 0) is 38.0 Å². The molecule has 4 amide bonds. The maximum Gasteiger partial charge on any atom is 0.319 e. The van der Waals surface area contributed by atoms with Crippen LogP contribution < -0.4 is 26.8 Å². The van der Waals surface area contributed by atoms with E-state index in [9.17, 15) is 14.4 Å². The summed E-state index contributed by atoms with van der Waals surface area (Å²) in [5.74, 6) is 5.30. The smallest absolute Gasteiger partial charge is 0.319 e. The van der Waals surface area contributed by atoms with E-state index in [0.29, 0.717) is 44.0 Å². The Labute approximate surface area is 183 Å². The highest BCUT2D eigenvalue weighted by Crippen LogP contribution is 2.30. The van der Waals surface area contributed by atoms with Gasteiger partial charge < -0.3 is 20.4 Å². The Morgan fingerprint density at radius 2 is 1.77 bits per heavy atom. The average molecular weight is 439 g/mol. The molecule has 0 spiro atoms. The van der Waals surface area contributed by atoms with Crippen molar-refractivity contribution in [1.29, 1.82) is 0 Å². The number of hydrogen-bond donors (Lipinski definition) is 4. The summed E-state index contributed by atoms with van der Waals surface area (Å²) in [7, 11) is 0. The highest BCUT2D eigenvalue weighted by atomic mass is 35.5. The first-order chi connectivity index (χ1) is 14.0. The third-order valence-corrected chi connectivity index (χ3v) is 5.61. The normalized spacial score (nSPS) is 16.6. The van der Waals surface area contributed by atoms with E-state index in [1.807, 2.05) is 11.8 Å². The van der Waals surface area contributed by atoms with Crippen molar-refractivity contribution >= 4 is 41.6 Å². The number of hydrazine groups is 1. The van der Waals surface area contributed by atoms with E-state index in [-0.39, 0.29) is 30.3 Å². The number of nitrogens with two attached hydrogens (primary N) is 1. The first-order valence-corrected chi connectivity index (χ1v) is 10.3. The van der Waals surface area contributed by atoms with Crippen molar-refractivity contribution in [3.8, 4) is 0 Å². The molecule has 5 N–H and O–H groups in total. The zero-order chi connectivity index (χ0) is 20.8. The van der Waals surface area contributed by atoms with Crippen molar-refractivity contribution in [3.63, 3.8) is 0 Å². The van der Waals surface area contributed by atoms with Crippen LogP contribution >= 0.6 is 12.4 Å². The molecule has 2 fully saturated rings. The Kier molecular flexibility index (Phi) is 8.73. The summed E-state index contributed by atoms with van der Waals surface area (Å²) in [5.41, 5.74) is 3.90. The molecular formula is C20H31ClN6O3. The Morgan fingerprint density at radius 1 is 1.10 bits per heavy atom. The largest absolute Gasteiger partial charge is 0.366 e. The molecule has 1 aliphatic carbocycles. The summed E-state index contributed by atoms with van der Waals surface area (Å²) in [4.78, 5) is 40.7. The minimum Gasteiger partial charge on any atom is -0.366 e. The lowest BCUT2D eigenvalue weighted by molar-refractivity contribution is -0.135. The molecule has 0 radical (unpaired) electrons. The number of hydrogen-bond acceptors (Lipinski definition) is 5. The second kappa shape index (κ2) is 11.0. The lowest BCUT2D eigenvalue weighted by Gasteiger charge is -2.38. The molecule has 166 valence electrons. The van der Waals surface area contributed by atoms with Crippen molar-refractivity contribution in [2.24, 2.45) is 11.8 Å². The molecule has 0 atom stereocenters. The van der Waals surface area contributed by atoms with Crippen LogP contribution in [0.4, 0.5) is 16.2 Å². The van der Waals surface area contributed by atoms with Gasteiger partial charge in [-0.15, -0.1) is 12.4 Å². The van der Waals surface area contributed by atoms with Gasteiger partial charge in [0.05, 0.1) is 11.4 Å². The molecule has 9 nitrogen and oxygen atoms in total. The number of nitrogens with zero attached hydrogens (tertiary/aromatic N) is 2. The van der Waals surface area contributed by atoms with Crippen LogP contribution in [0.2, 0.25) is 0 Å². The summed E-state index contributed by atoms with van der Waals surface area (Å²) in [5, 5.41) is 5.54. The predicted molar refractivity (Wildman–Crippen MR) is 119 cm³/mol. The van der Waals surface area contributed by atoms with Crippen molar-refractivity contribution in [1.82, 2.24) is 15.6 Å². The average Bonchev–Trinajstić information content (AvgIpc) is 3.28. The van der Waals surface area contributed by atoms with Crippen molar-refractivity contribution in [2.75, 3.05) is 42.9 Å². The van der Waals surface area contributed by atoms with E-state index in [0.717, 1.165) is 31.4 Å². The molecule has 2 aliphatic rings.